The number of hydrogen-bond donors (Lipinski definition) is 2. The molecule has 0 unspecified atom stereocenters. The maximum atomic E-state index is 12.7. The third-order valence-electron chi connectivity index (χ3n) is 5.75. The van der Waals surface area contributed by atoms with Crippen LogP contribution in [0.5, 0.6) is 5.75 Å². The molecule has 9 heteroatoms. The summed E-state index contributed by atoms with van der Waals surface area (Å²) in [5, 5.41) is 12.3. The first kappa shape index (κ1) is 22.0. The number of ether oxygens (including phenoxy) is 2. The topological polar surface area (TPSA) is 96.5 Å². The first-order chi connectivity index (χ1) is 15.5. The monoisotopic (exact) mass is 454 g/mol. The Balaban J connectivity index is 1.50. The number of carbonyl (C=O) groups is 2. The summed E-state index contributed by atoms with van der Waals surface area (Å²) in [6.07, 6.45) is 2.27. The minimum Gasteiger partial charge on any atom is -0.497 e. The Morgan fingerprint density at radius 2 is 2.03 bits per heavy atom. The lowest BCUT2D eigenvalue weighted by Crippen LogP contribution is -2.37. The zero-order valence-electron chi connectivity index (χ0n) is 18.3. The van der Waals surface area contributed by atoms with Gasteiger partial charge in [-0.15, -0.1) is 11.3 Å². The van der Waals surface area contributed by atoms with E-state index in [0.29, 0.717) is 24.4 Å². The number of aromatic nitrogens is 2. The van der Waals surface area contributed by atoms with E-state index in [0.717, 1.165) is 28.1 Å². The molecule has 3 heterocycles. The summed E-state index contributed by atoms with van der Waals surface area (Å²) in [5.74, 6) is 0.374. The average Bonchev–Trinajstić information content (AvgIpc) is 3.54. The lowest BCUT2D eigenvalue weighted by atomic mass is 10.1. The molecule has 1 aliphatic heterocycles. The van der Waals surface area contributed by atoms with E-state index in [1.54, 1.807) is 13.3 Å². The third kappa shape index (κ3) is 4.53. The zero-order chi connectivity index (χ0) is 22.7. The fraction of sp³-hybridized carbons (Fsp3) is 0.348. The second kappa shape index (κ2) is 9.54. The van der Waals surface area contributed by atoms with Crippen molar-refractivity contribution >= 4 is 23.2 Å². The van der Waals surface area contributed by atoms with Crippen molar-refractivity contribution in [2.75, 3.05) is 20.8 Å². The first-order valence-corrected chi connectivity index (χ1v) is 11.2. The summed E-state index contributed by atoms with van der Waals surface area (Å²) >= 11 is 1.42. The maximum Gasteiger partial charge on any atom is 0.323 e. The van der Waals surface area contributed by atoms with Crippen LogP contribution in [0.1, 0.15) is 27.2 Å². The summed E-state index contributed by atoms with van der Waals surface area (Å²) in [5.41, 5.74) is 3.78. The summed E-state index contributed by atoms with van der Waals surface area (Å²) in [4.78, 5) is 27.9. The summed E-state index contributed by atoms with van der Waals surface area (Å²) < 4.78 is 10.3. The van der Waals surface area contributed by atoms with Crippen LogP contribution in [0.3, 0.4) is 0 Å². The summed E-state index contributed by atoms with van der Waals surface area (Å²) in [7, 11) is 3.02. The molecule has 1 aromatic carbocycles. The maximum absolute atomic E-state index is 12.7. The van der Waals surface area contributed by atoms with Crippen LogP contribution in [0.2, 0.25) is 0 Å². The fourth-order valence-electron chi connectivity index (χ4n) is 4.08. The Morgan fingerprint density at radius 1 is 1.25 bits per heavy atom. The number of nitrogens with one attached hydrogen (secondary N) is 2. The van der Waals surface area contributed by atoms with Crippen LogP contribution in [0.15, 0.2) is 41.9 Å². The van der Waals surface area contributed by atoms with Crippen LogP contribution in [-0.2, 0) is 16.1 Å². The van der Waals surface area contributed by atoms with E-state index in [1.165, 1.54) is 18.4 Å². The highest BCUT2D eigenvalue weighted by Crippen LogP contribution is 2.28. The van der Waals surface area contributed by atoms with Crippen molar-refractivity contribution in [1.29, 1.82) is 0 Å². The average molecular weight is 455 g/mol. The number of aromatic amines is 1. The van der Waals surface area contributed by atoms with Crippen LogP contribution in [0.25, 0.3) is 11.3 Å². The van der Waals surface area contributed by atoms with E-state index in [2.05, 4.69) is 15.5 Å². The van der Waals surface area contributed by atoms with E-state index in [1.807, 2.05) is 47.5 Å². The van der Waals surface area contributed by atoms with Gasteiger partial charge < -0.3 is 14.8 Å². The Kier molecular flexibility index (Phi) is 6.57. The molecule has 0 aliphatic carbocycles. The highest BCUT2D eigenvalue weighted by atomic mass is 32.1. The molecule has 1 fully saturated rings. The van der Waals surface area contributed by atoms with Gasteiger partial charge in [-0.1, -0.05) is 0 Å². The molecular weight excluding hydrogens is 428 g/mol. The molecule has 0 saturated carbocycles. The van der Waals surface area contributed by atoms with Crippen LogP contribution >= 0.6 is 11.3 Å². The van der Waals surface area contributed by atoms with Gasteiger partial charge in [-0.25, -0.2) is 0 Å². The number of aryl methyl sites for hydroxylation is 1. The number of carbonyl (C=O) groups excluding carboxylic acids is 2. The standard InChI is InChI=1S/C23H26N4O4S/c1-14-8-9-32-21(14)22(28)25-17-10-19(23(29)31-3)27(13-17)12-16-11-24-26-20(16)15-4-6-18(30-2)7-5-15/h4-9,11,17,19H,10,12-13H2,1-3H3,(H,24,26)(H,25,28)/t17-,19-/m0/s1. The molecule has 1 amide bonds. The van der Waals surface area contributed by atoms with Crippen molar-refractivity contribution in [1.82, 2.24) is 20.4 Å². The number of amides is 1. The van der Waals surface area contributed by atoms with E-state index < -0.39 is 6.04 Å². The summed E-state index contributed by atoms with van der Waals surface area (Å²) in [6.45, 7) is 2.97. The first-order valence-electron chi connectivity index (χ1n) is 10.3. The number of rotatable bonds is 7. The minimum atomic E-state index is -0.437. The van der Waals surface area contributed by atoms with Gasteiger partial charge in [0.15, 0.2) is 0 Å². The Labute approximate surface area is 190 Å². The minimum absolute atomic E-state index is 0.102. The third-order valence-corrected chi connectivity index (χ3v) is 6.77. The number of H-pyrrole nitrogens is 1. The van der Waals surface area contributed by atoms with Crippen molar-refractivity contribution in [3.8, 4) is 17.0 Å². The number of methoxy groups -OCH3 is 2. The molecule has 0 radical (unpaired) electrons. The molecule has 168 valence electrons. The van der Waals surface area contributed by atoms with Crippen molar-refractivity contribution < 1.29 is 19.1 Å². The van der Waals surface area contributed by atoms with E-state index in [-0.39, 0.29) is 17.9 Å². The van der Waals surface area contributed by atoms with E-state index in [9.17, 15) is 9.59 Å². The lowest BCUT2D eigenvalue weighted by molar-refractivity contribution is -0.146. The second-order valence-electron chi connectivity index (χ2n) is 7.81. The second-order valence-corrected chi connectivity index (χ2v) is 8.72. The van der Waals surface area contributed by atoms with Gasteiger partial charge in [0.25, 0.3) is 5.91 Å². The predicted molar refractivity (Wildman–Crippen MR) is 122 cm³/mol. The van der Waals surface area contributed by atoms with Gasteiger partial charge in [-0.3, -0.25) is 19.6 Å². The largest absolute Gasteiger partial charge is 0.497 e. The highest BCUT2D eigenvalue weighted by Gasteiger charge is 2.38. The smallest absolute Gasteiger partial charge is 0.323 e. The molecular formula is C23H26N4O4S. The van der Waals surface area contributed by atoms with Crippen LogP contribution in [0, 0.1) is 6.92 Å². The van der Waals surface area contributed by atoms with Gasteiger partial charge in [-0.2, -0.15) is 5.10 Å². The molecule has 3 aromatic rings. The lowest BCUT2D eigenvalue weighted by Gasteiger charge is -2.22. The van der Waals surface area contributed by atoms with Crippen molar-refractivity contribution in [2.45, 2.75) is 32.0 Å². The molecule has 1 aliphatic rings. The van der Waals surface area contributed by atoms with Gasteiger partial charge in [-0.05, 0) is 54.6 Å². The van der Waals surface area contributed by atoms with Gasteiger partial charge in [0, 0.05) is 30.3 Å². The van der Waals surface area contributed by atoms with Crippen molar-refractivity contribution in [3.05, 3.63) is 57.9 Å². The van der Waals surface area contributed by atoms with Gasteiger partial charge in [0.1, 0.15) is 11.8 Å². The van der Waals surface area contributed by atoms with Gasteiger partial charge in [0.2, 0.25) is 0 Å². The Morgan fingerprint density at radius 3 is 2.69 bits per heavy atom. The molecule has 0 bridgehead atoms. The number of likely N-dealkylation sites (tertiary alicyclic amines) is 1. The van der Waals surface area contributed by atoms with Crippen LogP contribution in [0.4, 0.5) is 0 Å². The molecule has 0 spiro atoms. The van der Waals surface area contributed by atoms with E-state index >= 15 is 0 Å². The fourth-order valence-corrected chi connectivity index (χ4v) is 4.91. The van der Waals surface area contributed by atoms with Crippen molar-refractivity contribution in [2.24, 2.45) is 0 Å². The predicted octanol–water partition coefficient (Wildman–Crippen LogP) is 3.00. The quantitative estimate of drug-likeness (QED) is 0.533. The Bertz CT molecular complexity index is 1090. The highest BCUT2D eigenvalue weighted by molar-refractivity contribution is 7.12. The number of thiophene rings is 1. The molecule has 32 heavy (non-hydrogen) atoms. The number of hydrogen-bond acceptors (Lipinski definition) is 7. The molecule has 2 atom stereocenters. The molecule has 4 rings (SSSR count). The van der Waals surface area contributed by atoms with Crippen LogP contribution < -0.4 is 10.1 Å². The normalized spacial score (nSPS) is 18.5. The molecule has 2 N–H and O–H groups in total. The number of benzene rings is 1. The zero-order valence-corrected chi connectivity index (χ0v) is 19.1. The van der Waals surface area contributed by atoms with E-state index in [4.69, 9.17) is 9.47 Å². The molecule has 1 saturated heterocycles. The summed E-state index contributed by atoms with van der Waals surface area (Å²) in [6, 6.07) is 9.06. The number of nitrogens with zero attached hydrogens (tertiary/aromatic N) is 2. The molecule has 2 aromatic heterocycles. The van der Waals surface area contributed by atoms with Crippen molar-refractivity contribution in [3.63, 3.8) is 0 Å². The Hall–Kier alpha value is -3.17. The number of esters is 1. The van der Waals surface area contributed by atoms with Gasteiger partial charge in [0.05, 0.1) is 31.0 Å². The van der Waals surface area contributed by atoms with Crippen LogP contribution in [-0.4, -0.2) is 59.8 Å². The van der Waals surface area contributed by atoms with Gasteiger partial charge >= 0.3 is 5.97 Å². The molecule has 8 nitrogen and oxygen atoms in total. The SMILES string of the molecule is COC(=O)[C@@H]1C[C@H](NC(=O)c2sccc2C)CN1Cc1cn[nH]c1-c1ccc(OC)cc1.